The monoisotopic (exact) mass is 297 g/mol. The lowest BCUT2D eigenvalue weighted by atomic mass is 10.1. The molecule has 0 spiro atoms. The Kier molecular flexibility index (Phi) is 3.56. The summed E-state index contributed by atoms with van der Waals surface area (Å²) in [5, 5.41) is 2.36. The molecule has 0 fully saturated rings. The Morgan fingerprint density at radius 1 is 1.10 bits per heavy atom. The van der Waals surface area contributed by atoms with Gasteiger partial charge in [0.25, 0.3) is 0 Å². The molecule has 1 aromatic heterocycles. The number of alkyl halides is 1. The van der Waals surface area contributed by atoms with Crippen LogP contribution in [0.3, 0.4) is 0 Å². The summed E-state index contributed by atoms with van der Waals surface area (Å²) in [6.45, 7) is 3.98. The molecule has 0 saturated carbocycles. The van der Waals surface area contributed by atoms with Gasteiger partial charge in [0.15, 0.2) is 5.78 Å². The highest BCUT2D eigenvalue weighted by atomic mass is 35.5. The second-order valence-corrected chi connectivity index (χ2v) is 5.44. The maximum Gasteiger partial charge on any atom is 0.179 e. The van der Waals surface area contributed by atoms with Crippen molar-refractivity contribution in [2.24, 2.45) is 0 Å². The SMILES string of the molecule is Cc1cc(C(=O)CCl)c(C)n1-c1cccc2ccccc12. The normalized spacial score (nSPS) is 11.0. The minimum Gasteiger partial charge on any atom is -0.317 e. The number of halogens is 1. The van der Waals surface area contributed by atoms with E-state index >= 15 is 0 Å². The first-order chi connectivity index (χ1) is 10.1. The van der Waals surface area contributed by atoms with Crippen LogP contribution >= 0.6 is 11.6 Å². The molecule has 0 unspecified atom stereocenters. The van der Waals surface area contributed by atoms with E-state index < -0.39 is 0 Å². The van der Waals surface area contributed by atoms with Crippen LogP contribution in [0.2, 0.25) is 0 Å². The highest BCUT2D eigenvalue weighted by molar-refractivity contribution is 6.30. The predicted octanol–water partition coefficient (Wildman–Crippen LogP) is 4.67. The van der Waals surface area contributed by atoms with Crippen molar-refractivity contribution in [3.8, 4) is 5.69 Å². The van der Waals surface area contributed by atoms with Gasteiger partial charge in [0.2, 0.25) is 0 Å². The zero-order chi connectivity index (χ0) is 15.0. The van der Waals surface area contributed by atoms with E-state index in [2.05, 4.69) is 28.8 Å². The smallest absolute Gasteiger partial charge is 0.179 e. The molecule has 3 aromatic rings. The molecule has 0 saturated heterocycles. The zero-order valence-electron chi connectivity index (χ0n) is 12.1. The van der Waals surface area contributed by atoms with Crippen LogP contribution in [0.1, 0.15) is 21.7 Å². The summed E-state index contributed by atoms with van der Waals surface area (Å²) in [4.78, 5) is 11.9. The maximum atomic E-state index is 11.9. The van der Waals surface area contributed by atoms with Crippen molar-refractivity contribution in [1.29, 1.82) is 0 Å². The largest absolute Gasteiger partial charge is 0.317 e. The number of fused-ring (bicyclic) bond motifs is 1. The molecular weight excluding hydrogens is 282 g/mol. The molecular formula is C18H16ClNO. The molecule has 3 heteroatoms. The fourth-order valence-electron chi connectivity index (χ4n) is 2.89. The molecule has 0 aliphatic rings. The highest BCUT2D eigenvalue weighted by Crippen LogP contribution is 2.27. The van der Waals surface area contributed by atoms with Crippen molar-refractivity contribution < 1.29 is 4.79 Å². The van der Waals surface area contributed by atoms with Crippen molar-refractivity contribution in [3.63, 3.8) is 0 Å². The second kappa shape index (κ2) is 5.38. The number of ketones is 1. The zero-order valence-corrected chi connectivity index (χ0v) is 12.8. The molecule has 2 nitrogen and oxygen atoms in total. The highest BCUT2D eigenvalue weighted by Gasteiger charge is 2.16. The van der Waals surface area contributed by atoms with Crippen molar-refractivity contribution in [1.82, 2.24) is 4.57 Å². The van der Waals surface area contributed by atoms with Gasteiger partial charge in [-0.2, -0.15) is 0 Å². The summed E-state index contributed by atoms with van der Waals surface area (Å²) < 4.78 is 2.13. The first kappa shape index (κ1) is 13.9. The third kappa shape index (κ3) is 2.26. The lowest BCUT2D eigenvalue weighted by Crippen LogP contribution is -2.04. The summed E-state index contributed by atoms with van der Waals surface area (Å²) in [6, 6.07) is 16.4. The molecule has 2 aromatic carbocycles. The van der Waals surface area contributed by atoms with E-state index in [1.807, 2.05) is 38.1 Å². The Hall–Kier alpha value is -2.06. The van der Waals surface area contributed by atoms with E-state index in [-0.39, 0.29) is 11.7 Å². The number of carbonyl (C=O) groups excluding carboxylic acids is 1. The van der Waals surface area contributed by atoms with Gasteiger partial charge in [0.05, 0.1) is 11.6 Å². The third-order valence-electron chi connectivity index (χ3n) is 3.86. The Bertz CT molecular complexity index is 827. The fraction of sp³-hybridized carbons (Fsp3) is 0.167. The van der Waals surface area contributed by atoms with E-state index in [0.717, 1.165) is 17.1 Å². The molecule has 0 aliphatic carbocycles. The fourth-order valence-corrected chi connectivity index (χ4v) is 3.04. The number of benzene rings is 2. The Balaban J connectivity index is 2.29. The Morgan fingerprint density at radius 3 is 2.57 bits per heavy atom. The van der Waals surface area contributed by atoms with Crippen LogP contribution < -0.4 is 0 Å². The van der Waals surface area contributed by atoms with Gasteiger partial charge in [-0.05, 0) is 31.4 Å². The topological polar surface area (TPSA) is 22.0 Å². The van der Waals surface area contributed by atoms with Crippen LogP contribution in [0, 0.1) is 13.8 Å². The minimum atomic E-state index is -0.0312. The number of hydrogen-bond donors (Lipinski definition) is 0. The van der Waals surface area contributed by atoms with E-state index in [1.54, 1.807) is 0 Å². The number of carbonyl (C=O) groups is 1. The second-order valence-electron chi connectivity index (χ2n) is 5.18. The standard InChI is InChI=1S/C18H16ClNO/c1-12-10-16(18(21)11-19)13(2)20(12)17-9-5-7-14-6-3-4-8-15(14)17/h3-10H,11H2,1-2H3. The minimum absolute atomic E-state index is 0.0137. The van der Waals surface area contributed by atoms with Crippen LogP contribution in [-0.4, -0.2) is 16.2 Å². The quantitative estimate of drug-likeness (QED) is 0.509. The maximum absolute atomic E-state index is 11.9. The molecule has 0 atom stereocenters. The number of nitrogens with zero attached hydrogens (tertiary/aromatic N) is 1. The van der Waals surface area contributed by atoms with E-state index in [4.69, 9.17) is 11.6 Å². The van der Waals surface area contributed by atoms with Crippen LogP contribution in [0.5, 0.6) is 0 Å². The van der Waals surface area contributed by atoms with Gasteiger partial charge in [-0.15, -0.1) is 11.6 Å². The van der Waals surface area contributed by atoms with E-state index in [0.29, 0.717) is 5.56 Å². The first-order valence-electron chi connectivity index (χ1n) is 6.89. The van der Waals surface area contributed by atoms with Crippen molar-refractivity contribution in [3.05, 3.63) is 65.5 Å². The van der Waals surface area contributed by atoms with E-state index in [9.17, 15) is 4.79 Å². The summed E-state index contributed by atoms with van der Waals surface area (Å²) in [6.07, 6.45) is 0. The lowest BCUT2D eigenvalue weighted by molar-refractivity contribution is 0.102. The predicted molar refractivity (Wildman–Crippen MR) is 87.8 cm³/mol. The summed E-state index contributed by atoms with van der Waals surface area (Å²) in [5.74, 6) is -0.0175. The third-order valence-corrected chi connectivity index (χ3v) is 4.10. The van der Waals surface area contributed by atoms with Crippen molar-refractivity contribution in [2.45, 2.75) is 13.8 Å². The number of aromatic nitrogens is 1. The molecule has 0 radical (unpaired) electrons. The lowest BCUT2D eigenvalue weighted by Gasteiger charge is -2.13. The average Bonchev–Trinajstić information content (AvgIpc) is 2.81. The van der Waals surface area contributed by atoms with Gasteiger partial charge in [0, 0.05) is 22.3 Å². The molecule has 106 valence electrons. The van der Waals surface area contributed by atoms with Crippen LogP contribution in [0.15, 0.2) is 48.5 Å². The molecule has 0 amide bonds. The molecule has 21 heavy (non-hydrogen) atoms. The summed E-state index contributed by atoms with van der Waals surface area (Å²) in [5.41, 5.74) is 3.78. The van der Waals surface area contributed by atoms with Gasteiger partial charge in [-0.25, -0.2) is 0 Å². The van der Waals surface area contributed by atoms with Gasteiger partial charge < -0.3 is 4.57 Å². The van der Waals surface area contributed by atoms with Crippen molar-refractivity contribution >= 4 is 28.2 Å². The summed E-state index contributed by atoms with van der Waals surface area (Å²) in [7, 11) is 0. The number of Topliss-reactive ketones (excluding diaryl/α,β-unsaturated/α-hetero) is 1. The molecule has 1 heterocycles. The van der Waals surface area contributed by atoms with Gasteiger partial charge in [-0.1, -0.05) is 36.4 Å². The molecule has 0 N–H and O–H groups in total. The van der Waals surface area contributed by atoms with Crippen LogP contribution in [0.25, 0.3) is 16.5 Å². The van der Waals surface area contributed by atoms with Crippen LogP contribution in [0.4, 0.5) is 0 Å². The Labute approximate surface area is 129 Å². The van der Waals surface area contributed by atoms with Gasteiger partial charge >= 0.3 is 0 Å². The average molecular weight is 298 g/mol. The van der Waals surface area contributed by atoms with E-state index in [1.165, 1.54) is 10.8 Å². The molecule has 0 bridgehead atoms. The molecule has 0 aliphatic heterocycles. The van der Waals surface area contributed by atoms with Crippen LogP contribution in [-0.2, 0) is 0 Å². The van der Waals surface area contributed by atoms with Gasteiger partial charge in [-0.3, -0.25) is 4.79 Å². The first-order valence-corrected chi connectivity index (χ1v) is 7.43. The molecule has 3 rings (SSSR count). The Morgan fingerprint density at radius 2 is 1.81 bits per heavy atom. The van der Waals surface area contributed by atoms with Gasteiger partial charge in [0.1, 0.15) is 0 Å². The summed E-state index contributed by atoms with van der Waals surface area (Å²) >= 11 is 5.70. The van der Waals surface area contributed by atoms with Crippen molar-refractivity contribution in [2.75, 3.05) is 5.88 Å². The number of aryl methyl sites for hydroxylation is 1. The number of rotatable bonds is 3. The number of hydrogen-bond acceptors (Lipinski definition) is 1.